The standard InChI is InChI=1S/C18H19N5O/c19-10-16-18(21-7-6-20-16)22-8-9-23-15(11-22)12-24-13-17(23)14-4-2-1-3-5-14/h1-7,15,17H,8-9,11-13H2/t15-,17-/m1/s1. The summed E-state index contributed by atoms with van der Waals surface area (Å²) in [5.41, 5.74) is 1.69. The number of hydrogen-bond donors (Lipinski definition) is 0. The molecule has 0 aliphatic carbocycles. The van der Waals surface area contributed by atoms with Gasteiger partial charge in [-0.15, -0.1) is 0 Å². The normalized spacial score (nSPS) is 24.2. The summed E-state index contributed by atoms with van der Waals surface area (Å²) in [5.74, 6) is 0.682. The van der Waals surface area contributed by atoms with Crippen LogP contribution >= 0.6 is 0 Å². The van der Waals surface area contributed by atoms with Crippen LogP contribution in [0.3, 0.4) is 0 Å². The van der Waals surface area contributed by atoms with Crippen LogP contribution in [0.15, 0.2) is 42.7 Å². The molecule has 1 aromatic carbocycles. The van der Waals surface area contributed by atoms with E-state index in [2.05, 4.69) is 50.1 Å². The zero-order valence-corrected chi connectivity index (χ0v) is 13.4. The molecule has 6 heteroatoms. The number of ether oxygens (including phenoxy) is 1. The van der Waals surface area contributed by atoms with Crippen molar-refractivity contribution in [2.75, 3.05) is 37.7 Å². The number of nitrogens with zero attached hydrogens (tertiary/aromatic N) is 5. The van der Waals surface area contributed by atoms with Crippen molar-refractivity contribution in [3.8, 4) is 6.07 Å². The van der Waals surface area contributed by atoms with Gasteiger partial charge in [0.1, 0.15) is 6.07 Å². The van der Waals surface area contributed by atoms with Crippen LogP contribution in [-0.4, -0.2) is 53.8 Å². The van der Waals surface area contributed by atoms with Crippen molar-refractivity contribution in [2.24, 2.45) is 0 Å². The number of hydrogen-bond acceptors (Lipinski definition) is 6. The van der Waals surface area contributed by atoms with Crippen LogP contribution in [-0.2, 0) is 4.74 Å². The van der Waals surface area contributed by atoms with Crippen LogP contribution in [0.1, 0.15) is 17.3 Å². The second-order valence-electron chi connectivity index (χ2n) is 6.14. The summed E-state index contributed by atoms with van der Waals surface area (Å²) < 4.78 is 5.88. The van der Waals surface area contributed by atoms with Crippen molar-refractivity contribution in [1.82, 2.24) is 14.9 Å². The van der Waals surface area contributed by atoms with Gasteiger partial charge in [0.25, 0.3) is 0 Å². The SMILES string of the molecule is N#Cc1nccnc1N1CCN2[C@@H](COC[C@@H]2c2ccccc2)C1. The number of rotatable bonds is 2. The van der Waals surface area contributed by atoms with Gasteiger partial charge in [-0.05, 0) is 5.56 Å². The van der Waals surface area contributed by atoms with Gasteiger partial charge in [-0.2, -0.15) is 5.26 Å². The second kappa shape index (κ2) is 6.56. The van der Waals surface area contributed by atoms with Crippen molar-refractivity contribution < 1.29 is 4.74 Å². The molecule has 0 saturated carbocycles. The van der Waals surface area contributed by atoms with Crippen LogP contribution < -0.4 is 4.90 Å². The summed E-state index contributed by atoms with van der Waals surface area (Å²) in [6.07, 6.45) is 3.21. The average molecular weight is 321 g/mol. The molecule has 0 amide bonds. The first kappa shape index (κ1) is 15.1. The third-order valence-corrected chi connectivity index (χ3v) is 4.78. The van der Waals surface area contributed by atoms with Crippen LogP contribution in [0.5, 0.6) is 0 Å². The first-order valence-corrected chi connectivity index (χ1v) is 8.21. The molecule has 0 bridgehead atoms. The van der Waals surface area contributed by atoms with Crippen molar-refractivity contribution in [1.29, 1.82) is 5.26 Å². The van der Waals surface area contributed by atoms with Gasteiger partial charge in [0, 0.05) is 32.0 Å². The van der Waals surface area contributed by atoms with Crippen LogP contribution in [0, 0.1) is 11.3 Å². The molecule has 3 heterocycles. The number of benzene rings is 1. The Morgan fingerprint density at radius 1 is 1.08 bits per heavy atom. The second-order valence-corrected chi connectivity index (χ2v) is 6.14. The highest BCUT2D eigenvalue weighted by Gasteiger charge is 2.37. The van der Waals surface area contributed by atoms with E-state index in [-0.39, 0.29) is 0 Å². The molecule has 2 saturated heterocycles. The Labute approximate surface area is 141 Å². The summed E-state index contributed by atoms with van der Waals surface area (Å²) in [6, 6.07) is 13.3. The summed E-state index contributed by atoms with van der Waals surface area (Å²) >= 11 is 0. The summed E-state index contributed by atoms with van der Waals surface area (Å²) in [6.45, 7) is 4.01. The lowest BCUT2D eigenvalue weighted by molar-refractivity contribution is -0.0548. The van der Waals surface area contributed by atoms with Gasteiger partial charge in [-0.1, -0.05) is 30.3 Å². The molecule has 1 aromatic heterocycles. The maximum absolute atomic E-state index is 9.26. The minimum absolute atomic E-state index is 0.296. The van der Waals surface area contributed by atoms with Crippen molar-refractivity contribution >= 4 is 5.82 Å². The highest BCUT2D eigenvalue weighted by molar-refractivity contribution is 5.50. The van der Waals surface area contributed by atoms with Crippen LogP contribution in [0.25, 0.3) is 0 Å². The molecule has 122 valence electrons. The number of aromatic nitrogens is 2. The van der Waals surface area contributed by atoms with Crippen LogP contribution in [0.4, 0.5) is 5.82 Å². The lowest BCUT2D eigenvalue weighted by atomic mass is 10.00. The van der Waals surface area contributed by atoms with Crippen LogP contribution in [0.2, 0.25) is 0 Å². The Balaban J connectivity index is 1.55. The zero-order chi connectivity index (χ0) is 16.4. The highest BCUT2D eigenvalue weighted by Crippen LogP contribution is 2.31. The molecule has 24 heavy (non-hydrogen) atoms. The number of morpholine rings is 1. The lowest BCUT2D eigenvalue weighted by Gasteiger charge is -2.48. The van der Waals surface area contributed by atoms with E-state index in [1.165, 1.54) is 5.56 Å². The highest BCUT2D eigenvalue weighted by atomic mass is 16.5. The lowest BCUT2D eigenvalue weighted by Crippen LogP contribution is -2.59. The molecule has 0 spiro atoms. The van der Waals surface area contributed by atoms with E-state index < -0.39 is 0 Å². The van der Waals surface area contributed by atoms with Gasteiger partial charge in [0.2, 0.25) is 0 Å². The Bertz CT molecular complexity index is 745. The third kappa shape index (κ3) is 2.73. The molecule has 2 fully saturated rings. The van der Waals surface area contributed by atoms with Crippen molar-refractivity contribution in [3.63, 3.8) is 0 Å². The van der Waals surface area contributed by atoms with E-state index in [4.69, 9.17) is 4.74 Å². The fourth-order valence-electron chi connectivity index (χ4n) is 3.64. The van der Waals surface area contributed by atoms with Gasteiger partial charge in [-0.3, -0.25) is 4.90 Å². The van der Waals surface area contributed by atoms with Gasteiger partial charge >= 0.3 is 0 Å². The van der Waals surface area contributed by atoms with E-state index in [9.17, 15) is 5.26 Å². The Morgan fingerprint density at radius 2 is 1.92 bits per heavy atom. The molecule has 2 aromatic rings. The fraction of sp³-hybridized carbons (Fsp3) is 0.389. The smallest absolute Gasteiger partial charge is 0.183 e. The predicted molar refractivity (Wildman–Crippen MR) is 89.5 cm³/mol. The summed E-state index contributed by atoms with van der Waals surface area (Å²) in [5, 5.41) is 9.26. The Hall–Kier alpha value is -2.49. The molecule has 6 nitrogen and oxygen atoms in total. The molecule has 0 unspecified atom stereocenters. The first-order valence-electron chi connectivity index (χ1n) is 8.21. The Kier molecular flexibility index (Phi) is 4.11. The van der Waals surface area contributed by atoms with Gasteiger partial charge in [-0.25, -0.2) is 9.97 Å². The largest absolute Gasteiger partial charge is 0.378 e. The molecule has 2 atom stereocenters. The summed E-state index contributed by atoms with van der Waals surface area (Å²) in [7, 11) is 0. The fourth-order valence-corrected chi connectivity index (χ4v) is 3.64. The first-order chi connectivity index (χ1) is 11.9. The van der Waals surface area contributed by atoms with E-state index >= 15 is 0 Å². The van der Waals surface area contributed by atoms with Gasteiger partial charge < -0.3 is 9.64 Å². The topological polar surface area (TPSA) is 65.3 Å². The molecule has 4 rings (SSSR count). The number of nitriles is 1. The van der Waals surface area contributed by atoms with Crippen molar-refractivity contribution in [2.45, 2.75) is 12.1 Å². The third-order valence-electron chi connectivity index (χ3n) is 4.78. The maximum Gasteiger partial charge on any atom is 0.183 e. The minimum atomic E-state index is 0.296. The van der Waals surface area contributed by atoms with Gasteiger partial charge in [0.05, 0.1) is 25.3 Å². The molecular weight excluding hydrogens is 302 g/mol. The number of anilines is 1. The van der Waals surface area contributed by atoms with Gasteiger partial charge in [0.15, 0.2) is 11.5 Å². The van der Waals surface area contributed by atoms with Crippen molar-refractivity contribution in [3.05, 3.63) is 54.0 Å². The average Bonchev–Trinajstić information content (AvgIpc) is 2.67. The predicted octanol–water partition coefficient (Wildman–Crippen LogP) is 1.61. The van der Waals surface area contributed by atoms with E-state index in [0.717, 1.165) is 26.2 Å². The molecular formula is C18H19N5O. The quantitative estimate of drug-likeness (QED) is 0.837. The Morgan fingerprint density at radius 3 is 2.75 bits per heavy atom. The molecule has 2 aliphatic rings. The monoisotopic (exact) mass is 321 g/mol. The number of fused-ring (bicyclic) bond motifs is 1. The molecule has 0 radical (unpaired) electrons. The van der Waals surface area contributed by atoms with E-state index in [1.807, 2.05) is 6.07 Å². The maximum atomic E-state index is 9.26. The summed E-state index contributed by atoms with van der Waals surface area (Å²) in [4.78, 5) is 13.2. The van der Waals surface area contributed by atoms with E-state index in [0.29, 0.717) is 30.2 Å². The van der Waals surface area contributed by atoms with E-state index in [1.54, 1.807) is 12.4 Å². The minimum Gasteiger partial charge on any atom is -0.378 e. The zero-order valence-electron chi connectivity index (χ0n) is 13.4. The number of piperazine rings is 1. The molecule has 2 aliphatic heterocycles. The molecule has 0 N–H and O–H groups in total.